The summed E-state index contributed by atoms with van der Waals surface area (Å²) in [6.45, 7) is 6.45. The van der Waals surface area contributed by atoms with Crippen LogP contribution in [0.15, 0.2) is 16.7 Å². The summed E-state index contributed by atoms with van der Waals surface area (Å²) in [4.78, 5) is 4.57. The Bertz CT molecular complexity index is 504. The zero-order valence-electron chi connectivity index (χ0n) is 9.87. The Labute approximate surface area is 104 Å². The molecule has 1 unspecified atom stereocenters. The van der Waals surface area contributed by atoms with Crippen molar-refractivity contribution in [1.82, 2.24) is 14.6 Å². The summed E-state index contributed by atoms with van der Waals surface area (Å²) in [5.41, 5.74) is 2.21. The highest BCUT2D eigenvalue weighted by Gasteiger charge is 2.12. The largest absolute Gasteiger partial charge is 0.212 e. The van der Waals surface area contributed by atoms with E-state index >= 15 is 0 Å². The molecule has 2 aromatic heterocycles. The molecule has 2 aromatic rings. The first-order valence-corrected chi connectivity index (χ1v) is 6.50. The zero-order valence-corrected chi connectivity index (χ0v) is 11.5. The highest BCUT2D eigenvalue weighted by Crippen LogP contribution is 2.20. The summed E-state index contributed by atoms with van der Waals surface area (Å²) in [5, 5.41) is 4.52. The molecule has 0 saturated carbocycles. The third-order valence-corrected chi connectivity index (χ3v) is 3.50. The van der Waals surface area contributed by atoms with Crippen molar-refractivity contribution in [3.8, 4) is 0 Å². The van der Waals surface area contributed by atoms with Crippen molar-refractivity contribution in [1.29, 1.82) is 0 Å². The van der Waals surface area contributed by atoms with Gasteiger partial charge in [0.15, 0.2) is 11.5 Å². The van der Waals surface area contributed by atoms with Gasteiger partial charge in [-0.25, -0.2) is 9.50 Å². The van der Waals surface area contributed by atoms with Crippen LogP contribution in [0.5, 0.6) is 0 Å². The van der Waals surface area contributed by atoms with Gasteiger partial charge >= 0.3 is 0 Å². The third kappa shape index (κ3) is 1.98. The topological polar surface area (TPSA) is 30.2 Å². The molecule has 0 spiro atoms. The number of fused-ring (bicyclic) bond motifs is 1. The van der Waals surface area contributed by atoms with Crippen LogP contribution in [0, 0.1) is 0 Å². The monoisotopic (exact) mass is 281 g/mol. The highest BCUT2D eigenvalue weighted by molar-refractivity contribution is 9.10. The molecule has 2 rings (SSSR count). The smallest absolute Gasteiger partial charge is 0.157 e. The van der Waals surface area contributed by atoms with Gasteiger partial charge in [-0.05, 0) is 46.5 Å². The molecule has 0 saturated heterocycles. The van der Waals surface area contributed by atoms with Gasteiger partial charge < -0.3 is 0 Å². The molecule has 0 bridgehead atoms. The molecular formula is C12H16BrN3. The minimum Gasteiger partial charge on any atom is -0.212 e. The number of aryl methyl sites for hydroxylation is 1. The summed E-state index contributed by atoms with van der Waals surface area (Å²) in [6.07, 6.45) is 2.08. The van der Waals surface area contributed by atoms with Gasteiger partial charge in [0.1, 0.15) is 4.60 Å². The Morgan fingerprint density at radius 3 is 2.75 bits per heavy atom. The van der Waals surface area contributed by atoms with Crippen LogP contribution in [0.3, 0.4) is 0 Å². The second-order valence-electron chi connectivity index (χ2n) is 4.09. The van der Waals surface area contributed by atoms with Crippen LogP contribution >= 0.6 is 15.9 Å². The molecule has 0 aliphatic rings. The van der Waals surface area contributed by atoms with Crippen LogP contribution in [-0.2, 0) is 6.42 Å². The first-order valence-electron chi connectivity index (χ1n) is 5.70. The number of halogens is 1. The third-order valence-electron chi connectivity index (χ3n) is 2.93. The second-order valence-corrected chi connectivity index (χ2v) is 4.90. The number of hydrogen-bond donors (Lipinski definition) is 0. The molecule has 0 fully saturated rings. The fraction of sp³-hybridized carbons (Fsp3) is 0.500. The van der Waals surface area contributed by atoms with Gasteiger partial charge in [-0.3, -0.25) is 0 Å². The quantitative estimate of drug-likeness (QED) is 0.806. The predicted octanol–water partition coefficient (Wildman–Crippen LogP) is 3.57. The Morgan fingerprint density at radius 1 is 1.38 bits per heavy atom. The van der Waals surface area contributed by atoms with E-state index in [9.17, 15) is 0 Å². The summed E-state index contributed by atoms with van der Waals surface area (Å²) in [6, 6.07) is 4.20. The van der Waals surface area contributed by atoms with E-state index in [1.54, 1.807) is 0 Å². The molecule has 0 amide bonds. The maximum absolute atomic E-state index is 4.57. The van der Waals surface area contributed by atoms with Crippen LogP contribution < -0.4 is 0 Å². The van der Waals surface area contributed by atoms with Crippen molar-refractivity contribution >= 4 is 21.6 Å². The Morgan fingerprint density at radius 2 is 2.12 bits per heavy atom. The van der Waals surface area contributed by atoms with Crippen molar-refractivity contribution in [2.75, 3.05) is 0 Å². The summed E-state index contributed by atoms with van der Waals surface area (Å²) in [5.74, 6) is 1.34. The van der Waals surface area contributed by atoms with E-state index in [0.717, 1.165) is 28.9 Å². The molecule has 0 radical (unpaired) electrons. The molecule has 4 heteroatoms. The fourth-order valence-corrected chi connectivity index (χ4v) is 2.16. The minimum absolute atomic E-state index is 0.414. The number of nitrogens with zero attached hydrogens (tertiary/aromatic N) is 3. The van der Waals surface area contributed by atoms with Crippen molar-refractivity contribution in [3.05, 3.63) is 28.1 Å². The number of aromatic nitrogens is 3. The zero-order chi connectivity index (χ0) is 11.7. The Kier molecular flexibility index (Phi) is 3.28. The molecule has 0 aliphatic heterocycles. The van der Waals surface area contributed by atoms with Crippen molar-refractivity contribution in [3.63, 3.8) is 0 Å². The van der Waals surface area contributed by atoms with Gasteiger partial charge in [0.25, 0.3) is 0 Å². The number of hydrogen-bond acceptors (Lipinski definition) is 2. The van der Waals surface area contributed by atoms with E-state index in [1.165, 1.54) is 5.56 Å². The normalized spacial score (nSPS) is 13.2. The average Bonchev–Trinajstić information content (AvgIpc) is 2.72. The molecule has 0 aliphatic carbocycles. The lowest BCUT2D eigenvalue weighted by Gasteiger charge is -2.00. The van der Waals surface area contributed by atoms with Crippen molar-refractivity contribution in [2.24, 2.45) is 0 Å². The molecule has 3 nitrogen and oxygen atoms in total. The Balaban J connectivity index is 2.56. The molecule has 16 heavy (non-hydrogen) atoms. The van der Waals surface area contributed by atoms with Crippen molar-refractivity contribution in [2.45, 2.75) is 39.5 Å². The van der Waals surface area contributed by atoms with Crippen LogP contribution in [0.4, 0.5) is 0 Å². The van der Waals surface area contributed by atoms with E-state index in [-0.39, 0.29) is 0 Å². The predicted molar refractivity (Wildman–Crippen MR) is 68.8 cm³/mol. The van der Waals surface area contributed by atoms with E-state index in [4.69, 9.17) is 0 Å². The maximum Gasteiger partial charge on any atom is 0.157 e. The van der Waals surface area contributed by atoms with Crippen LogP contribution in [0.2, 0.25) is 0 Å². The lowest BCUT2D eigenvalue weighted by Crippen LogP contribution is -1.95. The van der Waals surface area contributed by atoms with E-state index in [0.29, 0.717) is 5.92 Å². The first kappa shape index (κ1) is 11.6. The summed E-state index contributed by atoms with van der Waals surface area (Å²) >= 11 is 3.53. The molecular weight excluding hydrogens is 266 g/mol. The van der Waals surface area contributed by atoms with Gasteiger partial charge in [-0.1, -0.05) is 20.8 Å². The SMILES string of the molecule is CCc1cc(Br)n2nc(C(C)CC)nc2c1. The van der Waals surface area contributed by atoms with Gasteiger partial charge in [0.05, 0.1) is 0 Å². The Hall–Kier alpha value is -0.900. The summed E-state index contributed by atoms with van der Waals surface area (Å²) in [7, 11) is 0. The molecule has 2 heterocycles. The minimum atomic E-state index is 0.414. The van der Waals surface area contributed by atoms with E-state index in [1.807, 2.05) is 4.52 Å². The second kappa shape index (κ2) is 4.53. The lowest BCUT2D eigenvalue weighted by molar-refractivity contribution is 0.675. The average molecular weight is 282 g/mol. The first-order chi connectivity index (χ1) is 7.65. The molecule has 0 aromatic carbocycles. The molecule has 86 valence electrons. The lowest BCUT2D eigenvalue weighted by atomic mass is 10.1. The summed E-state index contributed by atoms with van der Waals surface area (Å²) < 4.78 is 2.84. The van der Waals surface area contributed by atoms with Crippen LogP contribution in [-0.4, -0.2) is 14.6 Å². The maximum atomic E-state index is 4.57. The number of pyridine rings is 1. The standard InChI is InChI=1S/C12H16BrN3/c1-4-8(3)12-14-11-7-9(5-2)6-10(13)16(11)15-12/h6-8H,4-5H2,1-3H3. The molecule has 1 atom stereocenters. The van der Waals surface area contributed by atoms with Crippen LogP contribution in [0.25, 0.3) is 5.65 Å². The van der Waals surface area contributed by atoms with Gasteiger partial charge in [-0.15, -0.1) is 5.10 Å². The number of rotatable bonds is 3. The van der Waals surface area contributed by atoms with Crippen molar-refractivity contribution < 1.29 is 0 Å². The van der Waals surface area contributed by atoms with E-state index in [2.05, 4.69) is 58.9 Å². The van der Waals surface area contributed by atoms with E-state index < -0.39 is 0 Å². The van der Waals surface area contributed by atoms with Gasteiger partial charge in [0, 0.05) is 5.92 Å². The van der Waals surface area contributed by atoms with Crippen LogP contribution in [0.1, 0.15) is 44.5 Å². The van der Waals surface area contributed by atoms with Gasteiger partial charge in [-0.2, -0.15) is 0 Å². The molecule has 0 N–H and O–H groups in total. The van der Waals surface area contributed by atoms with Gasteiger partial charge in [0.2, 0.25) is 0 Å². The highest BCUT2D eigenvalue weighted by atomic mass is 79.9. The fourth-order valence-electron chi connectivity index (χ4n) is 1.61.